The van der Waals surface area contributed by atoms with Gasteiger partial charge in [0.25, 0.3) is 0 Å². The van der Waals surface area contributed by atoms with E-state index in [0.717, 1.165) is 0 Å². The summed E-state index contributed by atoms with van der Waals surface area (Å²) in [5.74, 6) is 0. The van der Waals surface area contributed by atoms with Crippen LogP contribution in [0.4, 0.5) is 0 Å². The van der Waals surface area contributed by atoms with Crippen molar-refractivity contribution in [1.29, 1.82) is 0 Å². The Kier molecular flexibility index (Phi) is 9.62. The van der Waals surface area contributed by atoms with Crippen molar-refractivity contribution < 1.29 is 28.8 Å². The van der Waals surface area contributed by atoms with Crippen LogP contribution in [0.1, 0.15) is 0 Å². The summed E-state index contributed by atoms with van der Waals surface area (Å²) in [5.41, 5.74) is 0. The van der Waals surface area contributed by atoms with Crippen molar-refractivity contribution in [3.05, 3.63) is 0 Å². The molecule has 0 saturated carbocycles. The van der Waals surface area contributed by atoms with E-state index in [4.69, 9.17) is 23.7 Å². The Balaban J connectivity index is 4.58. The van der Waals surface area contributed by atoms with Crippen LogP contribution in [0.3, 0.4) is 0 Å². The largest absolute Gasteiger partial charge is 0.387 e. The molecule has 0 heterocycles. The lowest BCUT2D eigenvalue weighted by Crippen LogP contribution is -2.49. The summed E-state index contributed by atoms with van der Waals surface area (Å²) >= 11 is 0. The van der Waals surface area contributed by atoms with Crippen LogP contribution in [-0.2, 0) is 23.7 Å². The molecule has 4 atom stereocenters. The minimum atomic E-state index is -0.856. The maximum absolute atomic E-state index is 10.2. The zero-order chi connectivity index (χ0) is 13.3. The zero-order valence-corrected chi connectivity index (χ0v) is 11.2. The van der Waals surface area contributed by atoms with E-state index in [-0.39, 0.29) is 12.7 Å². The van der Waals surface area contributed by atoms with Crippen LogP contribution >= 0.6 is 0 Å². The zero-order valence-electron chi connectivity index (χ0n) is 11.2. The molecule has 6 heteroatoms. The van der Waals surface area contributed by atoms with Crippen molar-refractivity contribution in [2.45, 2.75) is 24.4 Å². The van der Waals surface area contributed by atoms with Gasteiger partial charge in [-0.15, -0.1) is 0 Å². The fourth-order valence-corrected chi connectivity index (χ4v) is 1.65. The number of aliphatic hydroxyl groups excluding tert-OH is 1. The predicted octanol–water partition coefficient (Wildman–Crippen LogP) is -0.315. The maximum atomic E-state index is 10.2. The van der Waals surface area contributed by atoms with E-state index < -0.39 is 18.3 Å². The Morgan fingerprint density at radius 2 is 1.24 bits per heavy atom. The van der Waals surface area contributed by atoms with E-state index in [2.05, 4.69) is 0 Å². The molecule has 0 spiro atoms. The Labute approximate surface area is 103 Å². The second kappa shape index (κ2) is 9.76. The fourth-order valence-electron chi connectivity index (χ4n) is 1.65. The third kappa shape index (κ3) is 5.29. The van der Waals surface area contributed by atoms with Gasteiger partial charge >= 0.3 is 0 Å². The van der Waals surface area contributed by atoms with Gasteiger partial charge in [-0.3, -0.25) is 0 Å². The molecule has 0 saturated heterocycles. The van der Waals surface area contributed by atoms with E-state index in [0.29, 0.717) is 6.61 Å². The summed E-state index contributed by atoms with van der Waals surface area (Å²) in [7, 11) is 7.67. The van der Waals surface area contributed by atoms with Crippen molar-refractivity contribution in [3.63, 3.8) is 0 Å². The highest BCUT2D eigenvalue weighted by atomic mass is 16.6. The van der Waals surface area contributed by atoms with Gasteiger partial charge < -0.3 is 28.8 Å². The number of hydrogen-bond donors (Lipinski definition) is 1. The average molecular weight is 252 g/mol. The molecular formula is C11H24O6. The number of hydrogen-bond acceptors (Lipinski definition) is 6. The molecule has 0 amide bonds. The highest BCUT2D eigenvalue weighted by Crippen LogP contribution is 2.13. The van der Waals surface area contributed by atoms with Crippen molar-refractivity contribution in [1.82, 2.24) is 0 Å². The van der Waals surface area contributed by atoms with Crippen LogP contribution in [0.15, 0.2) is 0 Å². The van der Waals surface area contributed by atoms with Gasteiger partial charge in [-0.05, 0) is 0 Å². The molecular weight excluding hydrogens is 228 g/mol. The Morgan fingerprint density at radius 3 is 1.59 bits per heavy atom. The number of rotatable bonds is 10. The molecule has 0 rings (SSSR count). The molecule has 0 aromatic rings. The van der Waals surface area contributed by atoms with Crippen LogP contribution < -0.4 is 0 Å². The Morgan fingerprint density at radius 1 is 0.765 bits per heavy atom. The Bertz CT molecular complexity index is 177. The van der Waals surface area contributed by atoms with Crippen LogP contribution in [0.2, 0.25) is 0 Å². The first-order valence-electron chi connectivity index (χ1n) is 5.40. The molecule has 1 N–H and O–H groups in total. The fraction of sp³-hybridized carbons (Fsp3) is 1.00. The van der Waals surface area contributed by atoms with Gasteiger partial charge in [0.1, 0.15) is 24.4 Å². The molecule has 6 nitrogen and oxygen atoms in total. The van der Waals surface area contributed by atoms with Crippen molar-refractivity contribution >= 4 is 0 Å². The number of ether oxygens (including phenoxy) is 5. The number of methoxy groups -OCH3 is 5. The normalized spacial score (nSPS) is 18.7. The van der Waals surface area contributed by atoms with Gasteiger partial charge in [-0.1, -0.05) is 0 Å². The molecule has 0 aliphatic carbocycles. The molecule has 0 fully saturated rings. The first-order chi connectivity index (χ1) is 8.15. The minimum absolute atomic E-state index is 0.279. The van der Waals surface area contributed by atoms with Crippen LogP contribution in [0, 0.1) is 0 Å². The highest BCUT2D eigenvalue weighted by Gasteiger charge is 2.34. The van der Waals surface area contributed by atoms with Gasteiger partial charge in [0, 0.05) is 35.5 Å². The van der Waals surface area contributed by atoms with Crippen molar-refractivity contribution in [3.8, 4) is 0 Å². The standard InChI is InChI=1S/C11H24O6/c1-13-6-8(15-3)10(12)11(17-5)9(16-4)7-14-2/h8-12H,6-7H2,1-5H3/t8-,9+,10+,11-/m0/s1. The SMILES string of the molecule is COC[C@H](OC)[C@@H](O)[C@@H](OC)[C@@H](COC)OC. The second-order valence-corrected chi connectivity index (χ2v) is 3.65. The lowest BCUT2D eigenvalue weighted by molar-refractivity contribution is -0.156. The molecule has 0 aliphatic heterocycles. The summed E-state index contributed by atoms with van der Waals surface area (Å²) < 4.78 is 25.6. The Hall–Kier alpha value is -0.240. The average Bonchev–Trinajstić information content (AvgIpc) is 2.35. The third-order valence-corrected chi connectivity index (χ3v) is 2.62. The molecule has 0 aliphatic rings. The van der Waals surface area contributed by atoms with Gasteiger partial charge in [-0.2, -0.15) is 0 Å². The van der Waals surface area contributed by atoms with E-state index in [1.54, 1.807) is 21.3 Å². The molecule has 104 valence electrons. The van der Waals surface area contributed by atoms with E-state index in [9.17, 15) is 5.11 Å². The molecule has 0 unspecified atom stereocenters. The van der Waals surface area contributed by atoms with Crippen molar-refractivity contribution in [2.75, 3.05) is 48.8 Å². The number of aliphatic hydroxyl groups is 1. The van der Waals surface area contributed by atoms with E-state index in [1.165, 1.54) is 14.2 Å². The maximum Gasteiger partial charge on any atom is 0.114 e. The van der Waals surface area contributed by atoms with Crippen LogP contribution in [0.5, 0.6) is 0 Å². The molecule has 17 heavy (non-hydrogen) atoms. The summed E-state index contributed by atoms with van der Waals surface area (Å²) in [6.45, 7) is 0.608. The van der Waals surface area contributed by atoms with Gasteiger partial charge in [0.05, 0.1) is 13.2 Å². The third-order valence-electron chi connectivity index (χ3n) is 2.62. The predicted molar refractivity (Wildman–Crippen MR) is 62.1 cm³/mol. The van der Waals surface area contributed by atoms with Crippen molar-refractivity contribution in [2.24, 2.45) is 0 Å². The quantitative estimate of drug-likeness (QED) is 0.575. The molecule has 0 aromatic heterocycles. The smallest absolute Gasteiger partial charge is 0.114 e. The summed E-state index contributed by atoms with van der Waals surface area (Å²) in [4.78, 5) is 0. The highest BCUT2D eigenvalue weighted by molar-refractivity contribution is 4.83. The first kappa shape index (κ1) is 16.8. The van der Waals surface area contributed by atoms with Gasteiger partial charge in [0.15, 0.2) is 0 Å². The van der Waals surface area contributed by atoms with Crippen LogP contribution in [0.25, 0.3) is 0 Å². The van der Waals surface area contributed by atoms with E-state index >= 15 is 0 Å². The molecule has 0 bridgehead atoms. The first-order valence-corrected chi connectivity index (χ1v) is 5.40. The monoisotopic (exact) mass is 252 g/mol. The molecule has 0 aromatic carbocycles. The summed E-state index contributed by atoms with van der Waals surface area (Å²) in [6.07, 6.45) is -2.24. The minimum Gasteiger partial charge on any atom is -0.387 e. The lowest BCUT2D eigenvalue weighted by Gasteiger charge is -2.32. The second-order valence-electron chi connectivity index (χ2n) is 3.65. The summed E-state index contributed by atoms with van der Waals surface area (Å²) in [6, 6.07) is 0. The lowest BCUT2D eigenvalue weighted by atomic mass is 10.0. The van der Waals surface area contributed by atoms with E-state index in [1.807, 2.05) is 0 Å². The molecule has 0 radical (unpaired) electrons. The van der Waals surface area contributed by atoms with Crippen LogP contribution in [-0.4, -0.2) is 78.3 Å². The van der Waals surface area contributed by atoms with Gasteiger partial charge in [0.2, 0.25) is 0 Å². The summed E-state index contributed by atoms with van der Waals surface area (Å²) in [5, 5.41) is 10.2. The van der Waals surface area contributed by atoms with Gasteiger partial charge in [-0.25, -0.2) is 0 Å². The topological polar surface area (TPSA) is 66.4 Å².